The molecule has 4 rings (SSSR count). The van der Waals surface area contributed by atoms with E-state index in [1.54, 1.807) is 0 Å². The van der Waals surface area contributed by atoms with Crippen molar-refractivity contribution >= 4 is 21.6 Å². The van der Waals surface area contributed by atoms with Crippen molar-refractivity contribution in [1.82, 2.24) is 19.6 Å². The highest BCUT2D eigenvalue weighted by molar-refractivity contribution is 9.10. The molecule has 1 aliphatic rings. The highest BCUT2D eigenvalue weighted by Crippen LogP contribution is 2.29. The molecule has 3 aromatic rings. The van der Waals surface area contributed by atoms with Crippen LogP contribution in [0, 0.1) is 6.92 Å². The summed E-state index contributed by atoms with van der Waals surface area (Å²) in [6, 6.07) is 12.8. The fourth-order valence-corrected chi connectivity index (χ4v) is 3.88. The second kappa shape index (κ2) is 7.28. The van der Waals surface area contributed by atoms with Crippen LogP contribution in [0.25, 0.3) is 16.9 Å². The fourth-order valence-electron chi connectivity index (χ4n) is 3.45. The van der Waals surface area contributed by atoms with Crippen molar-refractivity contribution in [2.75, 3.05) is 26.2 Å². The molecule has 4 nitrogen and oxygen atoms in total. The highest BCUT2D eigenvalue weighted by Gasteiger charge is 2.19. The van der Waals surface area contributed by atoms with E-state index in [1.165, 1.54) is 23.2 Å². The SMILES string of the molecule is Cc1ccc(-c2nc3c(Br)cccn3c2CN2CCCNCC2)cc1. The average Bonchev–Trinajstić information content (AvgIpc) is 2.79. The van der Waals surface area contributed by atoms with Gasteiger partial charge in [-0.1, -0.05) is 29.8 Å². The molecule has 0 bridgehead atoms. The van der Waals surface area contributed by atoms with E-state index in [0.29, 0.717) is 0 Å². The van der Waals surface area contributed by atoms with Crippen LogP contribution in [0.5, 0.6) is 0 Å². The molecule has 0 saturated carbocycles. The number of fused-ring (bicyclic) bond motifs is 1. The molecule has 1 aliphatic heterocycles. The van der Waals surface area contributed by atoms with Gasteiger partial charge in [-0.2, -0.15) is 0 Å². The molecular formula is C20H23BrN4. The summed E-state index contributed by atoms with van der Waals surface area (Å²) in [5.74, 6) is 0. The number of nitrogens with zero attached hydrogens (tertiary/aromatic N) is 3. The zero-order valence-electron chi connectivity index (χ0n) is 14.5. The van der Waals surface area contributed by atoms with Gasteiger partial charge in [0.25, 0.3) is 0 Å². The normalized spacial score (nSPS) is 16.2. The standard InChI is InChI=1S/C20H23BrN4/c1-15-5-7-16(8-6-15)19-18(14-24-11-3-9-22-10-13-24)25-12-2-4-17(21)20(25)23-19/h2,4-8,12,22H,3,9-11,13-14H2,1H3. The number of benzene rings is 1. The molecule has 0 spiro atoms. The monoisotopic (exact) mass is 398 g/mol. The minimum atomic E-state index is 0.919. The minimum absolute atomic E-state index is 0.919. The second-order valence-electron chi connectivity index (χ2n) is 6.70. The van der Waals surface area contributed by atoms with Gasteiger partial charge in [-0.15, -0.1) is 0 Å². The van der Waals surface area contributed by atoms with E-state index in [-0.39, 0.29) is 0 Å². The maximum atomic E-state index is 4.97. The smallest absolute Gasteiger partial charge is 0.152 e. The van der Waals surface area contributed by atoms with E-state index < -0.39 is 0 Å². The molecule has 130 valence electrons. The molecule has 3 heterocycles. The maximum Gasteiger partial charge on any atom is 0.152 e. The molecule has 1 fully saturated rings. The van der Waals surface area contributed by atoms with Gasteiger partial charge in [0.15, 0.2) is 5.65 Å². The first-order valence-corrected chi connectivity index (χ1v) is 9.67. The maximum absolute atomic E-state index is 4.97. The van der Waals surface area contributed by atoms with Crippen molar-refractivity contribution < 1.29 is 0 Å². The van der Waals surface area contributed by atoms with Gasteiger partial charge in [0.2, 0.25) is 0 Å². The topological polar surface area (TPSA) is 32.6 Å². The highest BCUT2D eigenvalue weighted by atomic mass is 79.9. The second-order valence-corrected chi connectivity index (χ2v) is 7.56. The third-order valence-corrected chi connectivity index (χ3v) is 5.45. The van der Waals surface area contributed by atoms with E-state index in [4.69, 9.17) is 4.98 Å². The number of hydrogen-bond acceptors (Lipinski definition) is 3. The Bertz CT molecular complexity index is 861. The molecular weight excluding hydrogens is 376 g/mol. The van der Waals surface area contributed by atoms with Gasteiger partial charge in [0, 0.05) is 31.4 Å². The molecule has 25 heavy (non-hydrogen) atoms. The molecule has 5 heteroatoms. The van der Waals surface area contributed by atoms with E-state index in [0.717, 1.165) is 48.5 Å². The van der Waals surface area contributed by atoms with E-state index in [9.17, 15) is 0 Å². The Balaban J connectivity index is 1.80. The Morgan fingerprint density at radius 3 is 2.80 bits per heavy atom. The lowest BCUT2D eigenvalue weighted by molar-refractivity contribution is 0.281. The number of rotatable bonds is 3. The zero-order chi connectivity index (χ0) is 17.2. The summed E-state index contributed by atoms with van der Waals surface area (Å²) in [5, 5.41) is 3.48. The summed E-state index contributed by atoms with van der Waals surface area (Å²) >= 11 is 3.66. The Hall–Kier alpha value is -1.69. The third kappa shape index (κ3) is 3.50. The first-order chi connectivity index (χ1) is 12.2. The van der Waals surface area contributed by atoms with Gasteiger partial charge in [-0.05, 0) is 54.5 Å². The van der Waals surface area contributed by atoms with Gasteiger partial charge < -0.3 is 9.72 Å². The quantitative estimate of drug-likeness (QED) is 0.726. The zero-order valence-corrected chi connectivity index (χ0v) is 16.1. The summed E-state index contributed by atoms with van der Waals surface area (Å²) in [6.45, 7) is 7.41. The molecule has 1 aromatic carbocycles. The number of imidazole rings is 1. The number of nitrogens with one attached hydrogen (secondary N) is 1. The average molecular weight is 399 g/mol. The lowest BCUT2D eigenvalue weighted by Gasteiger charge is -2.20. The Morgan fingerprint density at radius 2 is 1.96 bits per heavy atom. The summed E-state index contributed by atoms with van der Waals surface area (Å²) in [7, 11) is 0. The van der Waals surface area contributed by atoms with E-state index in [2.05, 4.69) is 80.1 Å². The van der Waals surface area contributed by atoms with Crippen LogP contribution in [0.3, 0.4) is 0 Å². The van der Waals surface area contributed by atoms with Crippen molar-refractivity contribution in [3.05, 3.63) is 58.3 Å². The molecule has 0 amide bonds. The van der Waals surface area contributed by atoms with Crippen LogP contribution in [0.1, 0.15) is 17.7 Å². The molecule has 0 radical (unpaired) electrons. The summed E-state index contributed by atoms with van der Waals surface area (Å²) in [4.78, 5) is 7.50. The predicted molar refractivity (Wildman–Crippen MR) is 106 cm³/mol. The van der Waals surface area contributed by atoms with Crippen molar-refractivity contribution in [3.8, 4) is 11.3 Å². The summed E-state index contributed by atoms with van der Waals surface area (Å²) in [6.07, 6.45) is 3.32. The van der Waals surface area contributed by atoms with Gasteiger partial charge in [-0.3, -0.25) is 4.90 Å². The van der Waals surface area contributed by atoms with Crippen LogP contribution in [0.4, 0.5) is 0 Å². The number of aromatic nitrogens is 2. The van der Waals surface area contributed by atoms with Crippen LogP contribution in [0.2, 0.25) is 0 Å². The van der Waals surface area contributed by atoms with Crippen molar-refractivity contribution in [3.63, 3.8) is 0 Å². The fraction of sp³-hybridized carbons (Fsp3) is 0.350. The molecule has 0 aliphatic carbocycles. The Morgan fingerprint density at radius 1 is 1.12 bits per heavy atom. The minimum Gasteiger partial charge on any atom is -0.315 e. The van der Waals surface area contributed by atoms with Crippen molar-refractivity contribution in [2.24, 2.45) is 0 Å². The summed E-state index contributed by atoms with van der Waals surface area (Å²) < 4.78 is 3.27. The number of aryl methyl sites for hydroxylation is 1. The van der Waals surface area contributed by atoms with Crippen LogP contribution in [0.15, 0.2) is 47.1 Å². The van der Waals surface area contributed by atoms with Crippen LogP contribution >= 0.6 is 15.9 Å². The molecule has 0 atom stereocenters. The lowest BCUT2D eigenvalue weighted by atomic mass is 10.1. The van der Waals surface area contributed by atoms with Crippen LogP contribution in [-0.4, -0.2) is 40.5 Å². The van der Waals surface area contributed by atoms with E-state index >= 15 is 0 Å². The number of pyridine rings is 1. The number of hydrogen-bond donors (Lipinski definition) is 1. The third-order valence-electron chi connectivity index (χ3n) is 4.83. The first kappa shape index (κ1) is 16.8. The van der Waals surface area contributed by atoms with Crippen LogP contribution in [-0.2, 0) is 6.54 Å². The van der Waals surface area contributed by atoms with Gasteiger partial charge in [-0.25, -0.2) is 4.98 Å². The van der Waals surface area contributed by atoms with Crippen molar-refractivity contribution in [2.45, 2.75) is 19.9 Å². The summed E-state index contributed by atoms with van der Waals surface area (Å²) in [5.41, 5.74) is 5.80. The lowest BCUT2D eigenvalue weighted by Crippen LogP contribution is -2.28. The van der Waals surface area contributed by atoms with Gasteiger partial charge >= 0.3 is 0 Å². The van der Waals surface area contributed by atoms with Crippen molar-refractivity contribution in [1.29, 1.82) is 0 Å². The number of halogens is 1. The molecule has 1 saturated heterocycles. The molecule has 1 N–H and O–H groups in total. The largest absolute Gasteiger partial charge is 0.315 e. The predicted octanol–water partition coefficient (Wildman–Crippen LogP) is 3.87. The Kier molecular flexibility index (Phi) is 4.88. The molecule has 0 unspecified atom stereocenters. The Labute approximate surface area is 157 Å². The van der Waals surface area contributed by atoms with Gasteiger partial charge in [0.1, 0.15) is 0 Å². The van der Waals surface area contributed by atoms with E-state index in [1.807, 2.05) is 0 Å². The van der Waals surface area contributed by atoms with Crippen LogP contribution < -0.4 is 5.32 Å². The van der Waals surface area contributed by atoms with Gasteiger partial charge in [0.05, 0.1) is 15.9 Å². The first-order valence-electron chi connectivity index (χ1n) is 8.88. The molecule has 2 aromatic heterocycles.